The Kier molecular flexibility index (Phi) is 6.68. The molecule has 2 heterocycles. The van der Waals surface area contributed by atoms with Crippen molar-refractivity contribution in [1.29, 1.82) is 0 Å². The Morgan fingerprint density at radius 1 is 1.24 bits per heavy atom. The van der Waals surface area contributed by atoms with Crippen LogP contribution in [0.5, 0.6) is 0 Å². The Labute approximate surface area is 170 Å². The van der Waals surface area contributed by atoms with Crippen molar-refractivity contribution in [2.24, 2.45) is 0 Å². The van der Waals surface area contributed by atoms with Crippen LogP contribution in [0.15, 0.2) is 29.4 Å². The van der Waals surface area contributed by atoms with E-state index in [0.29, 0.717) is 30.6 Å². The molecule has 0 spiro atoms. The van der Waals surface area contributed by atoms with Crippen molar-refractivity contribution < 1.29 is 22.7 Å². The van der Waals surface area contributed by atoms with Crippen LogP contribution < -0.4 is 10.2 Å². The first-order valence-corrected chi connectivity index (χ1v) is 10.1. The number of morpholine rings is 1. The molecule has 1 atom stereocenters. The van der Waals surface area contributed by atoms with Gasteiger partial charge in [-0.15, -0.1) is 10.2 Å². The summed E-state index contributed by atoms with van der Waals surface area (Å²) in [5.41, 5.74) is -0.453. The van der Waals surface area contributed by atoms with E-state index in [9.17, 15) is 18.0 Å². The molecule has 1 N–H and O–H groups in total. The van der Waals surface area contributed by atoms with E-state index < -0.39 is 17.0 Å². The number of amides is 1. The highest BCUT2D eigenvalue weighted by molar-refractivity contribution is 8.00. The predicted octanol–water partition coefficient (Wildman–Crippen LogP) is 3.27. The molecule has 1 saturated heterocycles. The molecule has 1 aliphatic heterocycles. The van der Waals surface area contributed by atoms with E-state index >= 15 is 0 Å². The summed E-state index contributed by atoms with van der Waals surface area (Å²) < 4.78 is 45.2. The lowest BCUT2D eigenvalue weighted by Gasteiger charge is -2.27. The lowest BCUT2D eigenvalue weighted by molar-refractivity contribution is -0.137. The van der Waals surface area contributed by atoms with E-state index in [-0.39, 0.29) is 5.91 Å². The third kappa shape index (κ3) is 5.21. The van der Waals surface area contributed by atoms with Crippen molar-refractivity contribution in [3.63, 3.8) is 0 Å². The van der Waals surface area contributed by atoms with E-state index in [4.69, 9.17) is 4.74 Å². The van der Waals surface area contributed by atoms with Crippen LogP contribution in [0.4, 0.5) is 24.8 Å². The second-order valence-corrected chi connectivity index (χ2v) is 7.76. The zero-order chi connectivity index (χ0) is 21.0. The summed E-state index contributed by atoms with van der Waals surface area (Å²) in [7, 11) is 0. The number of hydrogen-bond acceptors (Lipinski definition) is 6. The van der Waals surface area contributed by atoms with Gasteiger partial charge in [-0.25, -0.2) is 0 Å². The van der Waals surface area contributed by atoms with Crippen LogP contribution in [0.2, 0.25) is 0 Å². The number of anilines is 2. The third-order valence-corrected chi connectivity index (χ3v) is 5.52. The van der Waals surface area contributed by atoms with Gasteiger partial charge in [0, 0.05) is 25.3 Å². The molecule has 0 radical (unpaired) electrons. The van der Waals surface area contributed by atoms with Crippen molar-refractivity contribution in [3.05, 3.63) is 29.8 Å². The minimum atomic E-state index is -4.41. The van der Waals surface area contributed by atoms with Crippen molar-refractivity contribution in [3.8, 4) is 0 Å². The van der Waals surface area contributed by atoms with Gasteiger partial charge in [0.2, 0.25) is 11.9 Å². The van der Waals surface area contributed by atoms with Gasteiger partial charge in [0.1, 0.15) is 0 Å². The van der Waals surface area contributed by atoms with E-state index in [1.165, 1.54) is 23.9 Å². The van der Waals surface area contributed by atoms with Crippen molar-refractivity contribution in [2.45, 2.75) is 37.0 Å². The van der Waals surface area contributed by atoms with Gasteiger partial charge in [-0.3, -0.25) is 9.36 Å². The van der Waals surface area contributed by atoms with Crippen molar-refractivity contribution in [1.82, 2.24) is 14.8 Å². The summed E-state index contributed by atoms with van der Waals surface area (Å²) in [6, 6.07) is 4.36. The fourth-order valence-electron chi connectivity index (χ4n) is 2.84. The van der Waals surface area contributed by atoms with Gasteiger partial charge in [0.25, 0.3) is 0 Å². The number of hydrogen-bond donors (Lipinski definition) is 1. The van der Waals surface area contributed by atoms with Crippen LogP contribution in [-0.4, -0.2) is 52.2 Å². The molecular weight excluding hydrogens is 407 g/mol. The first kappa shape index (κ1) is 21.4. The van der Waals surface area contributed by atoms with Gasteiger partial charge in [0.05, 0.1) is 24.0 Å². The summed E-state index contributed by atoms with van der Waals surface area (Å²) in [4.78, 5) is 14.6. The van der Waals surface area contributed by atoms with Gasteiger partial charge < -0.3 is 15.0 Å². The smallest absolute Gasteiger partial charge is 0.378 e. The van der Waals surface area contributed by atoms with Crippen LogP contribution in [0.3, 0.4) is 0 Å². The molecule has 0 bridgehead atoms. The fraction of sp³-hybridized carbons (Fsp3) is 0.500. The molecular formula is C18H22F3N5O2S. The monoisotopic (exact) mass is 429 g/mol. The number of aromatic nitrogens is 3. The van der Waals surface area contributed by atoms with Gasteiger partial charge in [0.15, 0.2) is 5.16 Å². The molecule has 1 unspecified atom stereocenters. The molecule has 0 aliphatic carbocycles. The number of benzene rings is 1. The van der Waals surface area contributed by atoms with Crippen LogP contribution in [0, 0.1) is 0 Å². The van der Waals surface area contributed by atoms with Gasteiger partial charge in [-0.1, -0.05) is 11.8 Å². The largest absolute Gasteiger partial charge is 0.416 e. The molecule has 11 heteroatoms. The Hall–Kier alpha value is -2.27. The fourth-order valence-corrected chi connectivity index (χ4v) is 3.75. The molecule has 0 saturated carbocycles. The normalized spacial score (nSPS) is 16.0. The van der Waals surface area contributed by atoms with Gasteiger partial charge in [-0.2, -0.15) is 13.2 Å². The van der Waals surface area contributed by atoms with E-state index in [0.717, 1.165) is 31.2 Å². The maximum Gasteiger partial charge on any atom is 0.416 e. The number of carbonyl (C=O) groups excluding carboxylic acids is 1. The molecule has 3 rings (SSSR count). The number of carbonyl (C=O) groups is 1. The Morgan fingerprint density at radius 3 is 2.48 bits per heavy atom. The lowest BCUT2D eigenvalue weighted by Crippen LogP contribution is -2.38. The third-order valence-electron chi connectivity index (χ3n) is 4.44. The minimum Gasteiger partial charge on any atom is -0.378 e. The molecule has 1 aromatic carbocycles. The number of nitrogens with one attached hydrogen (secondary N) is 1. The zero-order valence-corrected chi connectivity index (χ0v) is 16.9. The highest BCUT2D eigenvalue weighted by Crippen LogP contribution is 2.30. The number of thioether (sulfide) groups is 1. The second kappa shape index (κ2) is 9.04. The average molecular weight is 429 g/mol. The molecule has 2 aromatic rings. The summed E-state index contributed by atoms with van der Waals surface area (Å²) in [6.45, 7) is 7.06. The van der Waals surface area contributed by atoms with E-state index in [2.05, 4.69) is 20.4 Å². The highest BCUT2D eigenvalue weighted by atomic mass is 32.2. The van der Waals surface area contributed by atoms with Crippen LogP contribution in [0.1, 0.15) is 19.4 Å². The Balaban J connectivity index is 1.64. The zero-order valence-electron chi connectivity index (χ0n) is 16.1. The van der Waals surface area contributed by atoms with Gasteiger partial charge >= 0.3 is 6.18 Å². The summed E-state index contributed by atoms with van der Waals surface area (Å²) >= 11 is 1.25. The standard InChI is InChI=1S/C18H22F3N5O2S/c1-3-26-16(25-8-10-28-11-9-25)23-24-17(26)29-12(2)15(27)22-14-6-4-13(5-7-14)18(19,20)21/h4-7,12H,3,8-11H2,1-2H3,(H,22,27). The molecule has 158 valence electrons. The quantitative estimate of drug-likeness (QED) is 0.711. The second-order valence-electron chi connectivity index (χ2n) is 6.45. The van der Waals surface area contributed by atoms with Crippen molar-refractivity contribution >= 4 is 29.3 Å². The number of rotatable bonds is 6. The van der Waals surface area contributed by atoms with Crippen LogP contribution in [0.25, 0.3) is 0 Å². The maximum atomic E-state index is 12.6. The predicted molar refractivity (Wildman–Crippen MR) is 104 cm³/mol. The molecule has 7 nitrogen and oxygen atoms in total. The van der Waals surface area contributed by atoms with E-state index in [1.807, 2.05) is 11.5 Å². The van der Waals surface area contributed by atoms with Crippen molar-refractivity contribution in [2.75, 3.05) is 36.5 Å². The molecule has 1 aliphatic rings. The van der Waals surface area contributed by atoms with Gasteiger partial charge in [-0.05, 0) is 38.1 Å². The first-order valence-electron chi connectivity index (χ1n) is 9.20. The highest BCUT2D eigenvalue weighted by Gasteiger charge is 2.30. The lowest BCUT2D eigenvalue weighted by atomic mass is 10.2. The number of nitrogens with zero attached hydrogens (tertiary/aromatic N) is 4. The molecule has 1 fully saturated rings. The Morgan fingerprint density at radius 2 is 1.90 bits per heavy atom. The number of alkyl halides is 3. The summed E-state index contributed by atoms with van der Waals surface area (Å²) in [5.74, 6) is 0.419. The van der Waals surface area contributed by atoms with Crippen LogP contribution >= 0.6 is 11.8 Å². The van der Waals surface area contributed by atoms with Crippen LogP contribution in [-0.2, 0) is 22.3 Å². The topological polar surface area (TPSA) is 72.3 Å². The number of ether oxygens (including phenoxy) is 1. The number of halogens is 3. The first-order chi connectivity index (χ1) is 13.8. The maximum absolute atomic E-state index is 12.6. The summed E-state index contributed by atoms with van der Waals surface area (Å²) in [6.07, 6.45) is -4.41. The Bertz CT molecular complexity index is 835. The minimum absolute atomic E-state index is 0.307. The SMILES string of the molecule is CCn1c(SC(C)C(=O)Nc2ccc(C(F)(F)F)cc2)nnc1N1CCOCC1. The molecule has 29 heavy (non-hydrogen) atoms. The molecule has 1 aromatic heterocycles. The van der Waals surface area contributed by atoms with E-state index in [1.54, 1.807) is 6.92 Å². The average Bonchev–Trinajstić information content (AvgIpc) is 3.10. The summed E-state index contributed by atoms with van der Waals surface area (Å²) in [5, 5.41) is 11.2. The molecule has 1 amide bonds.